The van der Waals surface area contributed by atoms with E-state index < -0.39 is 0 Å². The molecule has 1 fully saturated rings. The standard InChI is InChI=1S/C24H29N3O5S/c1-2-30-14-15-32-20-11-7-18(8-12-20)23(29)27-24(33)26-19-9-5-17(6-10-19)22(28)25-16-21-4-3-13-31-21/h5-12,21H,2-4,13-16H2,1H3,(H,25,28)(H2,26,27,29,33). The van der Waals surface area contributed by atoms with Crippen LogP contribution in [0.15, 0.2) is 48.5 Å². The van der Waals surface area contributed by atoms with Crippen molar-refractivity contribution in [2.75, 3.05) is 38.3 Å². The molecule has 176 valence electrons. The summed E-state index contributed by atoms with van der Waals surface area (Å²) in [6.45, 7) is 4.80. The van der Waals surface area contributed by atoms with Crippen molar-refractivity contribution in [1.82, 2.24) is 10.6 Å². The molecule has 0 aromatic heterocycles. The van der Waals surface area contributed by atoms with E-state index in [1.165, 1.54) is 0 Å². The number of amides is 2. The summed E-state index contributed by atoms with van der Waals surface area (Å²) in [5.74, 6) is 0.170. The van der Waals surface area contributed by atoms with Gasteiger partial charge in [-0.05, 0) is 80.5 Å². The number of hydrogen-bond acceptors (Lipinski definition) is 6. The first kappa shape index (κ1) is 24.6. The molecule has 2 aromatic rings. The van der Waals surface area contributed by atoms with Gasteiger partial charge in [0.25, 0.3) is 11.8 Å². The second kappa shape index (κ2) is 12.9. The van der Waals surface area contributed by atoms with Gasteiger partial charge < -0.3 is 24.8 Å². The average molecular weight is 472 g/mol. The third-order valence-corrected chi connectivity index (χ3v) is 5.17. The van der Waals surface area contributed by atoms with Crippen LogP contribution in [0.25, 0.3) is 0 Å². The van der Waals surface area contributed by atoms with Crippen molar-refractivity contribution >= 4 is 34.8 Å². The predicted octanol–water partition coefficient (Wildman–Crippen LogP) is 3.14. The van der Waals surface area contributed by atoms with Gasteiger partial charge in [0.1, 0.15) is 12.4 Å². The van der Waals surface area contributed by atoms with Gasteiger partial charge >= 0.3 is 0 Å². The van der Waals surface area contributed by atoms with Gasteiger partial charge in [-0.3, -0.25) is 14.9 Å². The van der Waals surface area contributed by atoms with Gasteiger partial charge in [0.15, 0.2) is 5.11 Å². The van der Waals surface area contributed by atoms with Crippen LogP contribution in [0.4, 0.5) is 5.69 Å². The van der Waals surface area contributed by atoms with Crippen LogP contribution in [0.1, 0.15) is 40.5 Å². The molecule has 8 nitrogen and oxygen atoms in total. The molecule has 1 aliphatic rings. The van der Waals surface area contributed by atoms with E-state index in [0.29, 0.717) is 48.9 Å². The topological polar surface area (TPSA) is 97.9 Å². The number of ether oxygens (including phenoxy) is 3. The molecule has 3 N–H and O–H groups in total. The Hall–Kier alpha value is -3.01. The summed E-state index contributed by atoms with van der Waals surface area (Å²) in [4.78, 5) is 24.7. The van der Waals surface area contributed by atoms with Gasteiger partial charge in [-0.2, -0.15) is 0 Å². The summed E-state index contributed by atoms with van der Waals surface area (Å²) in [6.07, 6.45) is 2.10. The fraction of sp³-hybridized carbons (Fsp3) is 0.375. The maximum Gasteiger partial charge on any atom is 0.257 e. The molecule has 0 radical (unpaired) electrons. The van der Waals surface area contributed by atoms with Gasteiger partial charge in [-0.25, -0.2) is 0 Å². The molecule has 1 atom stereocenters. The highest BCUT2D eigenvalue weighted by Crippen LogP contribution is 2.14. The van der Waals surface area contributed by atoms with Gasteiger partial charge in [0.2, 0.25) is 0 Å². The lowest BCUT2D eigenvalue weighted by atomic mass is 10.2. The first-order valence-electron chi connectivity index (χ1n) is 11.0. The molecule has 2 aromatic carbocycles. The molecule has 9 heteroatoms. The minimum atomic E-state index is -0.335. The summed E-state index contributed by atoms with van der Waals surface area (Å²) >= 11 is 5.23. The van der Waals surface area contributed by atoms with E-state index in [0.717, 1.165) is 19.4 Å². The van der Waals surface area contributed by atoms with Crippen molar-refractivity contribution in [2.45, 2.75) is 25.9 Å². The van der Waals surface area contributed by atoms with Crippen LogP contribution in [0.3, 0.4) is 0 Å². The number of thiocarbonyl (C=S) groups is 1. The summed E-state index contributed by atoms with van der Waals surface area (Å²) < 4.78 is 16.3. The SMILES string of the molecule is CCOCCOc1ccc(C(=O)NC(=S)Nc2ccc(C(=O)NCC3CCCO3)cc2)cc1. The number of benzene rings is 2. The zero-order valence-corrected chi connectivity index (χ0v) is 19.4. The summed E-state index contributed by atoms with van der Waals surface area (Å²) in [5, 5.41) is 8.63. The summed E-state index contributed by atoms with van der Waals surface area (Å²) in [6, 6.07) is 13.6. The molecule has 3 rings (SSSR count). The van der Waals surface area contributed by atoms with Crippen LogP contribution in [0.5, 0.6) is 5.75 Å². The Balaban J connectivity index is 1.43. The number of rotatable bonds is 10. The molecule has 0 bridgehead atoms. The maximum atomic E-state index is 12.4. The van der Waals surface area contributed by atoms with E-state index in [1.54, 1.807) is 48.5 Å². The lowest BCUT2D eigenvalue weighted by Crippen LogP contribution is -2.34. The Morgan fingerprint density at radius 1 is 1.03 bits per heavy atom. The van der Waals surface area contributed by atoms with Crippen LogP contribution < -0.4 is 20.7 Å². The fourth-order valence-corrected chi connectivity index (χ4v) is 3.43. The molecule has 33 heavy (non-hydrogen) atoms. The lowest BCUT2D eigenvalue weighted by molar-refractivity contribution is 0.0857. The predicted molar refractivity (Wildman–Crippen MR) is 130 cm³/mol. The van der Waals surface area contributed by atoms with Crippen LogP contribution >= 0.6 is 12.2 Å². The van der Waals surface area contributed by atoms with Gasteiger partial charge in [-0.15, -0.1) is 0 Å². The molecule has 2 amide bonds. The van der Waals surface area contributed by atoms with Crippen molar-refractivity contribution in [3.63, 3.8) is 0 Å². The smallest absolute Gasteiger partial charge is 0.257 e. The minimum Gasteiger partial charge on any atom is -0.491 e. The zero-order valence-electron chi connectivity index (χ0n) is 18.6. The van der Waals surface area contributed by atoms with Crippen molar-refractivity contribution in [3.8, 4) is 5.75 Å². The summed E-state index contributed by atoms with van der Waals surface area (Å²) in [5.41, 5.74) is 1.65. The van der Waals surface area contributed by atoms with Crippen molar-refractivity contribution in [2.24, 2.45) is 0 Å². The monoisotopic (exact) mass is 471 g/mol. The molecule has 1 saturated heterocycles. The van der Waals surface area contributed by atoms with Gasteiger partial charge in [0.05, 0.1) is 12.7 Å². The van der Waals surface area contributed by atoms with Crippen molar-refractivity contribution < 1.29 is 23.8 Å². The van der Waals surface area contributed by atoms with E-state index in [-0.39, 0.29) is 23.0 Å². The normalized spacial score (nSPS) is 15.0. The highest BCUT2D eigenvalue weighted by atomic mass is 32.1. The maximum absolute atomic E-state index is 12.4. The number of carbonyl (C=O) groups excluding carboxylic acids is 2. The fourth-order valence-electron chi connectivity index (χ4n) is 3.22. The molecular formula is C24H29N3O5S. The highest BCUT2D eigenvalue weighted by molar-refractivity contribution is 7.80. The van der Waals surface area contributed by atoms with Gasteiger partial charge in [0, 0.05) is 36.6 Å². The minimum absolute atomic E-state index is 0.0972. The number of nitrogens with one attached hydrogen (secondary N) is 3. The first-order valence-corrected chi connectivity index (χ1v) is 11.4. The molecule has 0 aliphatic carbocycles. The van der Waals surface area contributed by atoms with Crippen LogP contribution in [0, 0.1) is 0 Å². The van der Waals surface area contributed by atoms with Gasteiger partial charge in [-0.1, -0.05) is 0 Å². The van der Waals surface area contributed by atoms with Crippen molar-refractivity contribution in [1.29, 1.82) is 0 Å². The third-order valence-electron chi connectivity index (χ3n) is 4.96. The van der Waals surface area contributed by atoms with Crippen LogP contribution in [0.2, 0.25) is 0 Å². The summed E-state index contributed by atoms with van der Waals surface area (Å²) in [7, 11) is 0. The zero-order chi connectivity index (χ0) is 23.5. The van der Waals surface area contributed by atoms with E-state index >= 15 is 0 Å². The Labute approximate surface area is 199 Å². The lowest BCUT2D eigenvalue weighted by Gasteiger charge is -2.12. The molecule has 1 aliphatic heterocycles. The van der Waals surface area contributed by atoms with E-state index in [4.69, 9.17) is 26.4 Å². The Bertz CT molecular complexity index is 928. The van der Waals surface area contributed by atoms with E-state index in [1.807, 2.05) is 6.92 Å². The molecule has 1 unspecified atom stereocenters. The molecule has 1 heterocycles. The Morgan fingerprint density at radius 2 is 1.73 bits per heavy atom. The highest BCUT2D eigenvalue weighted by Gasteiger charge is 2.16. The van der Waals surface area contributed by atoms with E-state index in [9.17, 15) is 9.59 Å². The van der Waals surface area contributed by atoms with Crippen LogP contribution in [-0.4, -0.2) is 56.0 Å². The second-order valence-electron chi connectivity index (χ2n) is 7.40. The number of anilines is 1. The first-order chi connectivity index (χ1) is 16.0. The van der Waals surface area contributed by atoms with Crippen molar-refractivity contribution in [3.05, 3.63) is 59.7 Å². The van der Waals surface area contributed by atoms with Crippen LogP contribution in [-0.2, 0) is 9.47 Å². The second-order valence-corrected chi connectivity index (χ2v) is 7.81. The Kier molecular flexibility index (Phi) is 9.61. The number of hydrogen-bond donors (Lipinski definition) is 3. The Morgan fingerprint density at radius 3 is 2.39 bits per heavy atom. The molecule has 0 saturated carbocycles. The van der Waals surface area contributed by atoms with E-state index in [2.05, 4.69) is 16.0 Å². The number of carbonyl (C=O) groups is 2. The largest absolute Gasteiger partial charge is 0.491 e. The average Bonchev–Trinajstić information content (AvgIpc) is 3.35. The third kappa shape index (κ3) is 8.12. The quantitative estimate of drug-likeness (QED) is 0.362. The molecular weight excluding hydrogens is 442 g/mol. The molecule has 0 spiro atoms.